The molecule has 0 bridgehead atoms. The fraction of sp³-hybridized carbons (Fsp3) is 0.143. The second-order valence-corrected chi connectivity index (χ2v) is 3.75. The molecule has 0 spiro atoms. The zero-order valence-electron chi connectivity index (χ0n) is 10.2. The van der Waals surface area contributed by atoms with Gasteiger partial charge in [-0.1, -0.05) is 0 Å². The van der Waals surface area contributed by atoms with Crippen LogP contribution in [0.4, 0.5) is 0 Å². The number of carbonyl (C=O) groups is 1. The van der Waals surface area contributed by atoms with Crippen molar-refractivity contribution in [1.82, 2.24) is 4.98 Å². The normalized spacial score (nSPS) is 9.89. The summed E-state index contributed by atoms with van der Waals surface area (Å²) >= 11 is 0. The van der Waals surface area contributed by atoms with Gasteiger partial charge in [0.25, 0.3) is 0 Å². The second kappa shape index (κ2) is 5.31. The Bertz CT molecular complexity index is 532. The molecule has 0 amide bonds. The summed E-state index contributed by atoms with van der Waals surface area (Å²) < 4.78 is 10.2. The zero-order valence-corrected chi connectivity index (χ0v) is 10.2. The third-order valence-corrected chi connectivity index (χ3v) is 2.42. The molecule has 2 aromatic rings. The van der Waals surface area contributed by atoms with Gasteiger partial charge in [-0.05, 0) is 43.3 Å². The van der Waals surface area contributed by atoms with Crippen molar-refractivity contribution in [2.75, 3.05) is 7.11 Å². The van der Waals surface area contributed by atoms with Crippen LogP contribution in [-0.2, 0) is 0 Å². The summed E-state index contributed by atoms with van der Waals surface area (Å²) in [6.07, 6.45) is 1.52. The highest BCUT2D eigenvalue weighted by Crippen LogP contribution is 2.14. The van der Waals surface area contributed by atoms with Crippen LogP contribution >= 0.6 is 0 Å². The van der Waals surface area contributed by atoms with Crippen LogP contribution in [0.2, 0.25) is 0 Å². The Morgan fingerprint density at radius 3 is 2.28 bits per heavy atom. The number of pyridine rings is 1. The molecule has 1 heterocycles. The molecular formula is C14H13NO3. The van der Waals surface area contributed by atoms with Crippen molar-refractivity contribution >= 4 is 5.97 Å². The van der Waals surface area contributed by atoms with Crippen molar-refractivity contribution in [3.05, 3.63) is 53.9 Å². The number of hydrogen-bond donors (Lipinski definition) is 0. The van der Waals surface area contributed by atoms with Gasteiger partial charge in [0, 0.05) is 5.69 Å². The van der Waals surface area contributed by atoms with E-state index in [1.165, 1.54) is 6.20 Å². The molecule has 0 aliphatic carbocycles. The van der Waals surface area contributed by atoms with E-state index in [9.17, 15) is 4.79 Å². The van der Waals surface area contributed by atoms with Crippen LogP contribution in [0.25, 0.3) is 0 Å². The molecule has 0 saturated heterocycles. The van der Waals surface area contributed by atoms with Gasteiger partial charge in [0.05, 0.1) is 18.9 Å². The maximum Gasteiger partial charge on any atom is 0.343 e. The first-order valence-corrected chi connectivity index (χ1v) is 5.48. The summed E-state index contributed by atoms with van der Waals surface area (Å²) in [5, 5.41) is 0. The van der Waals surface area contributed by atoms with E-state index in [2.05, 4.69) is 4.98 Å². The van der Waals surface area contributed by atoms with Crippen molar-refractivity contribution in [2.24, 2.45) is 0 Å². The summed E-state index contributed by atoms with van der Waals surface area (Å²) in [6.45, 7) is 1.87. The molecule has 0 atom stereocenters. The molecule has 0 N–H and O–H groups in total. The Labute approximate surface area is 105 Å². The molecule has 4 nitrogen and oxygen atoms in total. The first-order valence-electron chi connectivity index (χ1n) is 5.48. The molecule has 0 fully saturated rings. The van der Waals surface area contributed by atoms with E-state index in [-0.39, 0.29) is 0 Å². The fourth-order valence-electron chi connectivity index (χ4n) is 1.41. The van der Waals surface area contributed by atoms with Crippen LogP contribution in [0.1, 0.15) is 16.1 Å². The van der Waals surface area contributed by atoms with Crippen molar-refractivity contribution < 1.29 is 14.3 Å². The number of hydrogen-bond acceptors (Lipinski definition) is 4. The number of rotatable bonds is 3. The van der Waals surface area contributed by atoms with Crippen LogP contribution < -0.4 is 9.47 Å². The fourth-order valence-corrected chi connectivity index (χ4v) is 1.41. The highest BCUT2D eigenvalue weighted by atomic mass is 16.5. The molecule has 18 heavy (non-hydrogen) atoms. The lowest BCUT2D eigenvalue weighted by molar-refractivity contribution is 0.0734. The predicted octanol–water partition coefficient (Wildman–Crippen LogP) is 2.62. The number of aryl methyl sites for hydroxylation is 1. The van der Waals surface area contributed by atoms with Crippen LogP contribution in [0.5, 0.6) is 11.5 Å². The monoisotopic (exact) mass is 243 g/mol. The predicted molar refractivity (Wildman–Crippen MR) is 66.9 cm³/mol. The molecule has 4 heteroatoms. The van der Waals surface area contributed by atoms with Gasteiger partial charge in [0.2, 0.25) is 0 Å². The van der Waals surface area contributed by atoms with Crippen LogP contribution in [0.15, 0.2) is 42.6 Å². The zero-order chi connectivity index (χ0) is 13.0. The van der Waals surface area contributed by atoms with E-state index in [4.69, 9.17) is 9.47 Å². The maximum atomic E-state index is 11.8. The first-order chi connectivity index (χ1) is 8.69. The topological polar surface area (TPSA) is 48.4 Å². The number of carbonyl (C=O) groups excluding carboxylic acids is 1. The summed E-state index contributed by atoms with van der Waals surface area (Å²) in [6, 6.07) is 10.2. The van der Waals surface area contributed by atoms with Gasteiger partial charge in [-0.15, -0.1) is 0 Å². The van der Waals surface area contributed by atoms with Gasteiger partial charge < -0.3 is 9.47 Å². The molecule has 1 aromatic heterocycles. The number of esters is 1. The number of methoxy groups -OCH3 is 1. The summed E-state index contributed by atoms with van der Waals surface area (Å²) in [5.74, 6) is 0.716. The highest BCUT2D eigenvalue weighted by Gasteiger charge is 2.08. The van der Waals surface area contributed by atoms with E-state index < -0.39 is 5.97 Å². The lowest BCUT2D eigenvalue weighted by Gasteiger charge is -2.05. The smallest absolute Gasteiger partial charge is 0.343 e. The van der Waals surface area contributed by atoms with Crippen LogP contribution in [0.3, 0.4) is 0 Å². The van der Waals surface area contributed by atoms with Gasteiger partial charge in [0.15, 0.2) is 0 Å². The summed E-state index contributed by atoms with van der Waals surface area (Å²) in [7, 11) is 1.57. The quantitative estimate of drug-likeness (QED) is 0.777. The molecule has 2 rings (SSSR count). The number of benzene rings is 1. The van der Waals surface area contributed by atoms with E-state index >= 15 is 0 Å². The number of aromatic nitrogens is 1. The van der Waals surface area contributed by atoms with Crippen molar-refractivity contribution in [3.63, 3.8) is 0 Å². The van der Waals surface area contributed by atoms with Crippen LogP contribution in [0, 0.1) is 6.92 Å². The maximum absolute atomic E-state index is 11.8. The van der Waals surface area contributed by atoms with Gasteiger partial charge in [0.1, 0.15) is 11.5 Å². The lowest BCUT2D eigenvalue weighted by atomic mass is 10.2. The third-order valence-electron chi connectivity index (χ3n) is 2.42. The van der Waals surface area contributed by atoms with Crippen LogP contribution in [-0.4, -0.2) is 18.1 Å². The van der Waals surface area contributed by atoms with Crippen molar-refractivity contribution in [1.29, 1.82) is 0 Å². The molecule has 1 aromatic carbocycles. The van der Waals surface area contributed by atoms with Gasteiger partial charge in [-0.2, -0.15) is 0 Å². The highest BCUT2D eigenvalue weighted by molar-refractivity contribution is 5.91. The lowest BCUT2D eigenvalue weighted by Crippen LogP contribution is -2.08. The second-order valence-electron chi connectivity index (χ2n) is 3.75. The Balaban J connectivity index is 2.09. The van der Waals surface area contributed by atoms with E-state index in [1.807, 2.05) is 6.92 Å². The molecule has 0 unspecified atom stereocenters. The van der Waals surface area contributed by atoms with Crippen molar-refractivity contribution in [3.8, 4) is 11.5 Å². The minimum Gasteiger partial charge on any atom is -0.497 e. The molecule has 0 aliphatic heterocycles. The Morgan fingerprint density at radius 1 is 1.06 bits per heavy atom. The molecule has 0 radical (unpaired) electrons. The SMILES string of the molecule is COc1ccc(C(=O)Oc2ccc(C)nc2)cc1. The van der Waals surface area contributed by atoms with Gasteiger partial charge in [-0.3, -0.25) is 4.98 Å². The number of nitrogens with zero attached hydrogens (tertiary/aromatic N) is 1. The molecule has 0 aliphatic rings. The molecule has 0 saturated carbocycles. The summed E-state index contributed by atoms with van der Waals surface area (Å²) in [5.41, 5.74) is 1.34. The average Bonchev–Trinajstić information content (AvgIpc) is 2.41. The Hall–Kier alpha value is -2.36. The van der Waals surface area contributed by atoms with E-state index in [0.29, 0.717) is 17.1 Å². The minimum absolute atomic E-state index is 0.414. The Kier molecular flexibility index (Phi) is 3.57. The van der Waals surface area contributed by atoms with E-state index in [0.717, 1.165) is 5.69 Å². The molecular weight excluding hydrogens is 230 g/mol. The Morgan fingerprint density at radius 2 is 1.72 bits per heavy atom. The largest absolute Gasteiger partial charge is 0.497 e. The first kappa shape index (κ1) is 12.1. The average molecular weight is 243 g/mol. The standard InChI is InChI=1S/C14H13NO3/c1-10-3-6-13(9-15-10)18-14(16)11-4-7-12(17-2)8-5-11/h3-9H,1-2H3. The van der Waals surface area contributed by atoms with E-state index in [1.54, 1.807) is 43.5 Å². The molecule has 92 valence electrons. The van der Waals surface area contributed by atoms with Crippen molar-refractivity contribution in [2.45, 2.75) is 6.92 Å². The summed E-state index contributed by atoms with van der Waals surface area (Å²) in [4.78, 5) is 15.9. The number of ether oxygens (including phenoxy) is 2. The van der Waals surface area contributed by atoms with Gasteiger partial charge >= 0.3 is 5.97 Å². The third kappa shape index (κ3) is 2.85. The minimum atomic E-state index is -0.414. The van der Waals surface area contributed by atoms with Gasteiger partial charge in [-0.25, -0.2) is 4.79 Å².